The van der Waals surface area contributed by atoms with Crippen molar-refractivity contribution >= 4 is 28.7 Å². The van der Waals surface area contributed by atoms with Crippen molar-refractivity contribution in [2.24, 2.45) is 0 Å². The van der Waals surface area contributed by atoms with Gasteiger partial charge in [0.1, 0.15) is 5.00 Å². The van der Waals surface area contributed by atoms with Crippen LogP contribution in [0.4, 0.5) is 5.00 Å². The van der Waals surface area contributed by atoms with Crippen molar-refractivity contribution in [3.05, 3.63) is 11.2 Å². The number of nitrogens with one attached hydrogen (secondary N) is 1. The molecule has 0 fully saturated rings. The Balaban J connectivity index is 0.000001000. The Labute approximate surface area is 77.5 Å². The predicted molar refractivity (Wildman–Crippen MR) is 53.0 cm³/mol. The SMILES string of the molecule is CNc1cnc(C(C)C)s1.Cl. The lowest BCUT2D eigenvalue weighted by Crippen LogP contribution is -1.82. The van der Waals surface area contributed by atoms with Crippen molar-refractivity contribution in [1.82, 2.24) is 4.98 Å². The van der Waals surface area contributed by atoms with Gasteiger partial charge < -0.3 is 5.32 Å². The molecule has 1 rings (SSSR count). The van der Waals surface area contributed by atoms with Crippen molar-refractivity contribution in [1.29, 1.82) is 0 Å². The molecule has 0 aromatic carbocycles. The molecular weight excluding hydrogens is 180 g/mol. The summed E-state index contributed by atoms with van der Waals surface area (Å²) in [5, 5.41) is 5.40. The first-order valence-electron chi connectivity index (χ1n) is 3.37. The van der Waals surface area contributed by atoms with Crippen molar-refractivity contribution in [3.63, 3.8) is 0 Å². The molecule has 0 aliphatic rings. The molecule has 0 atom stereocenters. The Morgan fingerprint density at radius 2 is 2.18 bits per heavy atom. The van der Waals surface area contributed by atoms with Crippen LogP contribution in [-0.2, 0) is 0 Å². The zero-order valence-electron chi connectivity index (χ0n) is 6.92. The first-order chi connectivity index (χ1) is 4.74. The normalized spacial score (nSPS) is 9.45. The van der Waals surface area contributed by atoms with Gasteiger partial charge >= 0.3 is 0 Å². The van der Waals surface area contributed by atoms with E-state index in [4.69, 9.17) is 0 Å². The molecule has 1 N–H and O–H groups in total. The second kappa shape index (κ2) is 4.57. The number of thiazole rings is 1. The first kappa shape index (κ1) is 10.7. The molecule has 0 bridgehead atoms. The fraction of sp³-hybridized carbons (Fsp3) is 0.571. The molecule has 1 heterocycles. The van der Waals surface area contributed by atoms with Crippen LogP contribution >= 0.6 is 23.7 Å². The minimum absolute atomic E-state index is 0. The molecule has 0 saturated heterocycles. The van der Waals surface area contributed by atoms with Crippen LogP contribution < -0.4 is 5.32 Å². The van der Waals surface area contributed by atoms with Gasteiger partial charge in [0.2, 0.25) is 0 Å². The molecule has 64 valence electrons. The highest BCUT2D eigenvalue weighted by molar-refractivity contribution is 7.15. The molecule has 2 nitrogen and oxygen atoms in total. The fourth-order valence-electron chi connectivity index (χ4n) is 0.670. The number of hydrogen-bond donors (Lipinski definition) is 1. The molecule has 0 amide bonds. The number of anilines is 1. The van der Waals surface area contributed by atoms with Crippen LogP contribution in [0.1, 0.15) is 24.8 Å². The standard InChI is InChI=1S/C7H12N2S.ClH/c1-5(2)7-9-4-6(8-3)10-7;/h4-5,8H,1-3H3;1H. The molecule has 0 radical (unpaired) electrons. The minimum atomic E-state index is 0. The van der Waals surface area contributed by atoms with Crippen molar-refractivity contribution in [3.8, 4) is 0 Å². The van der Waals surface area contributed by atoms with Crippen LogP contribution in [0.2, 0.25) is 0 Å². The Kier molecular flexibility index (Phi) is 4.45. The van der Waals surface area contributed by atoms with Crippen LogP contribution in [0.3, 0.4) is 0 Å². The van der Waals surface area contributed by atoms with E-state index in [0.29, 0.717) is 5.92 Å². The highest BCUT2D eigenvalue weighted by atomic mass is 35.5. The summed E-state index contributed by atoms with van der Waals surface area (Å²) in [4.78, 5) is 4.24. The zero-order valence-corrected chi connectivity index (χ0v) is 8.55. The number of halogens is 1. The highest BCUT2D eigenvalue weighted by Crippen LogP contribution is 2.23. The van der Waals surface area contributed by atoms with E-state index in [0.717, 1.165) is 5.00 Å². The Morgan fingerprint density at radius 3 is 2.45 bits per heavy atom. The summed E-state index contributed by atoms with van der Waals surface area (Å²) in [6, 6.07) is 0. The van der Waals surface area contributed by atoms with Crippen LogP contribution in [0.15, 0.2) is 6.20 Å². The highest BCUT2D eigenvalue weighted by Gasteiger charge is 2.03. The van der Waals surface area contributed by atoms with Gasteiger partial charge in [-0.25, -0.2) is 4.98 Å². The Hall–Kier alpha value is -0.280. The maximum Gasteiger partial charge on any atom is 0.108 e. The van der Waals surface area contributed by atoms with E-state index in [2.05, 4.69) is 24.1 Å². The maximum absolute atomic E-state index is 4.24. The van der Waals surface area contributed by atoms with Gasteiger partial charge in [-0.15, -0.1) is 23.7 Å². The smallest absolute Gasteiger partial charge is 0.108 e. The molecule has 0 unspecified atom stereocenters. The topological polar surface area (TPSA) is 24.9 Å². The summed E-state index contributed by atoms with van der Waals surface area (Å²) in [5.41, 5.74) is 0. The predicted octanol–water partition coefficient (Wildman–Crippen LogP) is 2.73. The minimum Gasteiger partial charge on any atom is -0.379 e. The summed E-state index contributed by atoms with van der Waals surface area (Å²) in [6.07, 6.45) is 1.88. The van der Waals surface area contributed by atoms with E-state index in [9.17, 15) is 0 Å². The number of hydrogen-bond acceptors (Lipinski definition) is 3. The lowest BCUT2D eigenvalue weighted by Gasteiger charge is -1.95. The molecule has 0 aliphatic heterocycles. The Morgan fingerprint density at radius 1 is 1.55 bits per heavy atom. The fourth-order valence-corrected chi connectivity index (χ4v) is 1.44. The quantitative estimate of drug-likeness (QED) is 0.780. The van der Waals surface area contributed by atoms with Gasteiger partial charge in [-0.2, -0.15) is 0 Å². The number of rotatable bonds is 2. The third kappa shape index (κ3) is 2.67. The molecular formula is C7H13ClN2S. The summed E-state index contributed by atoms with van der Waals surface area (Å²) >= 11 is 1.72. The summed E-state index contributed by atoms with van der Waals surface area (Å²) in [5.74, 6) is 0.548. The summed E-state index contributed by atoms with van der Waals surface area (Å²) in [7, 11) is 1.91. The van der Waals surface area contributed by atoms with Crippen LogP contribution in [-0.4, -0.2) is 12.0 Å². The van der Waals surface area contributed by atoms with Gasteiger partial charge in [-0.1, -0.05) is 13.8 Å². The third-order valence-corrected chi connectivity index (χ3v) is 2.58. The maximum atomic E-state index is 4.24. The van der Waals surface area contributed by atoms with E-state index in [1.54, 1.807) is 11.3 Å². The number of nitrogens with zero attached hydrogens (tertiary/aromatic N) is 1. The average molecular weight is 193 g/mol. The van der Waals surface area contributed by atoms with Crippen molar-refractivity contribution < 1.29 is 0 Å². The summed E-state index contributed by atoms with van der Waals surface area (Å²) in [6.45, 7) is 4.30. The van der Waals surface area contributed by atoms with Gasteiger partial charge in [0.05, 0.1) is 11.2 Å². The van der Waals surface area contributed by atoms with Gasteiger partial charge in [-0.3, -0.25) is 0 Å². The van der Waals surface area contributed by atoms with Gasteiger partial charge in [0, 0.05) is 13.0 Å². The molecule has 11 heavy (non-hydrogen) atoms. The summed E-state index contributed by atoms with van der Waals surface area (Å²) < 4.78 is 0. The second-order valence-electron chi connectivity index (χ2n) is 2.47. The molecule has 1 aromatic rings. The molecule has 1 aromatic heterocycles. The monoisotopic (exact) mass is 192 g/mol. The van der Waals surface area contributed by atoms with Gasteiger partial charge in [-0.05, 0) is 0 Å². The van der Waals surface area contributed by atoms with Crippen molar-refractivity contribution in [2.75, 3.05) is 12.4 Å². The largest absolute Gasteiger partial charge is 0.379 e. The van der Waals surface area contributed by atoms with Gasteiger partial charge in [0.25, 0.3) is 0 Å². The molecule has 0 saturated carbocycles. The van der Waals surface area contributed by atoms with E-state index in [1.807, 2.05) is 13.2 Å². The lowest BCUT2D eigenvalue weighted by molar-refractivity contribution is 0.852. The zero-order chi connectivity index (χ0) is 7.56. The second-order valence-corrected chi connectivity index (χ2v) is 3.53. The molecule has 4 heteroatoms. The third-order valence-electron chi connectivity index (χ3n) is 1.26. The van der Waals surface area contributed by atoms with E-state index >= 15 is 0 Å². The van der Waals surface area contributed by atoms with Crippen LogP contribution in [0.25, 0.3) is 0 Å². The first-order valence-corrected chi connectivity index (χ1v) is 4.19. The van der Waals surface area contributed by atoms with Crippen molar-refractivity contribution in [2.45, 2.75) is 19.8 Å². The van der Waals surface area contributed by atoms with E-state index < -0.39 is 0 Å². The van der Waals surface area contributed by atoms with Crippen LogP contribution in [0, 0.1) is 0 Å². The number of aromatic nitrogens is 1. The van der Waals surface area contributed by atoms with Gasteiger partial charge in [0.15, 0.2) is 0 Å². The Bertz CT molecular complexity index is 210. The van der Waals surface area contributed by atoms with Crippen LogP contribution in [0.5, 0.6) is 0 Å². The van der Waals surface area contributed by atoms with E-state index in [-0.39, 0.29) is 12.4 Å². The molecule has 0 aliphatic carbocycles. The van der Waals surface area contributed by atoms with E-state index in [1.165, 1.54) is 5.01 Å². The molecule has 0 spiro atoms. The average Bonchev–Trinajstić information content (AvgIpc) is 2.34. The lowest BCUT2D eigenvalue weighted by atomic mass is 10.2.